The number of nitrogens with zero attached hydrogens (tertiary/aromatic N) is 4. The van der Waals surface area contributed by atoms with E-state index in [1.54, 1.807) is 18.6 Å². The highest BCUT2D eigenvalue weighted by Gasteiger charge is 2.58. The zero-order chi connectivity index (χ0) is 26.3. The SMILES string of the molecule is CCOc1ncc(-c2cnc([C@H](CCCCCCC(=O)CC)NC(=O)[C@H]3CC34CCN(C)CC4)[nH]2)cn1. The van der Waals surface area contributed by atoms with Crippen molar-refractivity contribution in [3.8, 4) is 17.3 Å². The third-order valence-corrected chi connectivity index (χ3v) is 8.04. The van der Waals surface area contributed by atoms with Crippen molar-refractivity contribution >= 4 is 11.7 Å². The molecule has 1 aliphatic heterocycles. The molecule has 0 radical (unpaired) electrons. The molecule has 2 aromatic heterocycles. The average Bonchev–Trinajstić information content (AvgIpc) is 3.39. The van der Waals surface area contributed by atoms with Crippen molar-refractivity contribution in [1.29, 1.82) is 0 Å². The number of likely N-dealkylation sites (tertiary alicyclic amines) is 1. The zero-order valence-corrected chi connectivity index (χ0v) is 22.6. The van der Waals surface area contributed by atoms with Gasteiger partial charge in [0.2, 0.25) is 5.91 Å². The predicted octanol–water partition coefficient (Wildman–Crippen LogP) is 4.47. The largest absolute Gasteiger partial charge is 0.464 e. The van der Waals surface area contributed by atoms with Crippen molar-refractivity contribution < 1.29 is 14.3 Å². The summed E-state index contributed by atoms with van der Waals surface area (Å²) < 4.78 is 5.34. The van der Waals surface area contributed by atoms with E-state index in [1.165, 1.54) is 0 Å². The molecule has 202 valence electrons. The Hall–Kier alpha value is -2.81. The Morgan fingerprint density at radius 2 is 1.84 bits per heavy atom. The molecular weight excluding hydrogens is 468 g/mol. The topological polar surface area (TPSA) is 113 Å². The second-order valence-corrected chi connectivity index (χ2v) is 10.7. The van der Waals surface area contributed by atoms with E-state index in [1.807, 2.05) is 13.8 Å². The van der Waals surface area contributed by atoms with Crippen LogP contribution < -0.4 is 10.1 Å². The number of Topliss-reactive ketones (excluding diaryl/α,β-unsaturated/α-hetero) is 1. The van der Waals surface area contributed by atoms with Crippen molar-refractivity contribution in [2.24, 2.45) is 11.3 Å². The van der Waals surface area contributed by atoms with Gasteiger partial charge in [0, 0.05) is 36.7 Å². The van der Waals surface area contributed by atoms with E-state index < -0.39 is 0 Å². The third kappa shape index (κ3) is 7.15. The number of aromatic nitrogens is 4. The summed E-state index contributed by atoms with van der Waals surface area (Å²) in [5.74, 6) is 1.36. The molecule has 9 heteroatoms. The maximum absolute atomic E-state index is 13.3. The maximum Gasteiger partial charge on any atom is 0.316 e. The van der Waals surface area contributed by atoms with Crippen LogP contribution in [-0.4, -0.2) is 63.3 Å². The Balaban J connectivity index is 1.38. The number of aromatic amines is 1. The van der Waals surface area contributed by atoms with Gasteiger partial charge in [-0.3, -0.25) is 9.59 Å². The summed E-state index contributed by atoms with van der Waals surface area (Å²) in [6.45, 7) is 6.47. The number of unbranched alkanes of at least 4 members (excludes halogenated alkanes) is 3. The van der Waals surface area contributed by atoms with Crippen LogP contribution in [0.15, 0.2) is 18.6 Å². The summed E-state index contributed by atoms with van der Waals surface area (Å²) in [6, 6.07) is 0.176. The van der Waals surface area contributed by atoms with Crippen LogP contribution in [0.1, 0.15) is 89.9 Å². The van der Waals surface area contributed by atoms with Crippen LogP contribution in [0, 0.1) is 11.3 Å². The quantitative estimate of drug-likeness (QED) is 0.360. The second kappa shape index (κ2) is 12.6. The molecular formula is C28H42N6O3. The minimum absolute atomic E-state index is 0.109. The molecule has 2 atom stereocenters. The van der Waals surface area contributed by atoms with Crippen molar-refractivity contribution in [1.82, 2.24) is 30.2 Å². The molecule has 37 heavy (non-hydrogen) atoms. The normalized spacial score (nSPS) is 19.5. The first-order valence-electron chi connectivity index (χ1n) is 13.9. The molecule has 3 heterocycles. The fourth-order valence-electron chi connectivity index (χ4n) is 5.40. The molecule has 2 fully saturated rings. The summed E-state index contributed by atoms with van der Waals surface area (Å²) in [7, 11) is 2.16. The van der Waals surface area contributed by atoms with Crippen LogP contribution in [0.4, 0.5) is 0 Å². The van der Waals surface area contributed by atoms with E-state index in [9.17, 15) is 9.59 Å². The van der Waals surface area contributed by atoms with E-state index in [0.29, 0.717) is 31.2 Å². The average molecular weight is 511 g/mol. The first-order valence-corrected chi connectivity index (χ1v) is 13.9. The molecule has 0 unspecified atom stereocenters. The fraction of sp³-hybridized carbons (Fsp3) is 0.679. The monoisotopic (exact) mass is 510 g/mol. The van der Waals surface area contributed by atoms with Crippen LogP contribution in [0.5, 0.6) is 6.01 Å². The molecule has 2 aromatic rings. The van der Waals surface area contributed by atoms with Gasteiger partial charge in [0.25, 0.3) is 0 Å². The van der Waals surface area contributed by atoms with E-state index in [4.69, 9.17) is 4.74 Å². The fourth-order valence-corrected chi connectivity index (χ4v) is 5.40. The summed E-state index contributed by atoms with van der Waals surface area (Å²) in [5.41, 5.74) is 1.83. The molecule has 1 saturated heterocycles. The molecule has 2 N–H and O–H groups in total. The number of nitrogens with one attached hydrogen (secondary N) is 2. The van der Waals surface area contributed by atoms with Gasteiger partial charge < -0.3 is 19.9 Å². The number of ether oxygens (including phenoxy) is 1. The standard InChI is InChI=1S/C28H42N6O3/c1-4-21(35)10-8-6-7-9-11-23(33-26(36)22-16-28(22)12-14-34(3)15-13-28)25-29-19-24(32-25)20-17-30-27(31-18-20)37-5-2/h17-19,22-23H,4-16H2,1-3H3,(H,29,32)(H,33,36)/t22-,23+/m1/s1. The first kappa shape index (κ1) is 27.2. The highest BCUT2D eigenvalue weighted by molar-refractivity contribution is 5.83. The van der Waals surface area contributed by atoms with Crippen molar-refractivity contribution in [2.75, 3.05) is 26.7 Å². The van der Waals surface area contributed by atoms with Crippen molar-refractivity contribution in [3.05, 3.63) is 24.4 Å². The number of rotatable bonds is 14. The van der Waals surface area contributed by atoms with Gasteiger partial charge in [-0.1, -0.05) is 26.2 Å². The Labute approximate surface area is 220 Å². The number of imidazole rings is 1. The smallest absolute Gasteiger partial charge is 0.316 e. The number of carbonyl (C=O) groups is 2. The molecule has 1 aliphatic carbocycles. The number of hydrogen-bond acceptors (Lipinski definition) is 7. The molecule has 1 saturated carbocycles. The first-order chi connectivity index (χ1) is 17.9. The van der Waals surface area contributed by atoms with Gasteiger partial charge in [0.05, 0.1) is 24.5 Å². The summed E-state index contributed by atoms with van der Waals surface area (Å²) >= 11 is 0. The molecule has 9 nitrogen and oxygen atoms in total. The highest BCUT2D eigenvalue weighted by Crippen LogP contribution is 2.59. The molecule has 1 spiro atoms. The predicted molar refractivity (Wildman–Crippen MR) is 142 cm³/mol. The molecule has 4 rings (SSSR count). The minimum atomic E-state index is -0.175. The van der Waals surface area contributed by atoms with Gasteiger partial charge in [0.15, 0.2) is 0 Å². The lowest BCUT2D eigenvalue weighted by Gasteiger charge is -2.30. The van der Waals surface area contributed by atoms with Crippen LogP contribution in [0.3, 0.4) is 0 Å². The van der Waals surface area contributed by atoms with Crippen LogP contribution in [-0.2, 0) is 9.59 Å². The lowest BCUT2D eigenvalue weighted by molar-refractivity contribution is -0.124. The van der Waals surface area contributed by atoms with E-state index in [2.05, 4.69) is 37.2 Å². The number of ketones is 1. The third-order valence-electron chi connectivity index (χ3n) is 8.04. The molecule has 2 aliphatic rings. The van der Waals surface area contributed by atoms with Crippen LogP contribution in [0.25, 0.3) is 11.3 Å². The Morgan fingerprint density at radius 3 is 2.54 bits per heavy atom. The second-order valence-electron chi connectivity index (χ2n) is 10.7. The van der Waals surface area contributed by atoms with E-state index >= 15 is 0 Å². The highest BCUT2D eigenvalue weighted by atomic mass is 16.5. The summed E-state index contributed by atoms with van der Waals surface area (Å²) in [6.07, 6.45) is 14.5. The van der Waals surface area contributed by atoms with Crippen molar-refractivity contribution in [3.63, 3.8) is 0 Å². The number of carbonyl (C=O) groups excluding carboxylic acids is 2. The van der Waals surface area contributed by atoms with Gasteiger partial charge in [0.1, 0.15) is 11.6 Å². The Bertz CT molecular complexity index is 1030. The maximum atomic E-state index is 13.3. The Kier molecular flexibility index (Phi) is 9.29. The van der Waals surface area contributed by atoms with Gasteiger partial charge in [-0.05, 0) is 64.6 Å². The number of hydrogen-bond donors (Lipinski definition) is 2. The van der Waals surface area contributed by atoms with Crippen LogP contribution >= 0.6 is 0 Å². The van der Waals surface area contributed by atoms with Gasteiger partial charge >= 0.3 is 6.01 Å². The number of piperidine rings is 1. The number of H-pyrrole nitrogens is 1. The molecule has 0 bridgehead atoms. The zero-order valence-electron chi connectivity index (χ0n) is 22.6. The van der Waals surface area contributed by atoms with Gasteiger partial charge in [-0.25, -0.2) is 15.0 Å². The summed E-state index contributed by atoms with van der Waals surface area (Å²) in [5, 5.41) is 3.34. The molecule has 1 amide bonds. The lowest BCUT2D eigenvalue weighted by Crippen LogP contribution is -2.36. The Morgan fingerprint density at radius 1 is 1.11 bits per heavy atom. The van der Waals surface area contributed by atoms with E-state index in [0.717, 1.165) is 81.5 Å². The number of amides is 1. The minimum Gasteiger partial charge on any atom is -0.464 e. The molecule has 0 aromatic carbocycles. The van der Waals surface area contributed by atoms with E-state index in [-0.39, 0.29) is 23.3 Å². The van der Waals surface area contributed by atoms with Gasteiger partial charge in [-0.15, -0.1) is 0 Å². The van der Waals surface area contributed by atoms with Crippen molar-refractivity contribution in [2.45, 2.75) is 84.1 Å². The van der Waals surface area contributed by atoms with Gasteiger partial charge in [-0.2, -0.15) is 0 Å². The lowest BCUT2D eigenvalue weighted by atomic mass is 9.91. The van der Waals surface area contributed by atoms with Crippen LogP contribution in [0.2, 0.25) is 0 Å². The summed E-state index contributed by atoms with van der Waals surface area (Å²) in [4.78, 5) is 43.8.